The fourth-order valence-electron chi connectivity index (χ4n) is 6.32. The molecule has 3 aliphatic heterocycles. The predicted octanol–water partition coefficient (Wildman–Crippen LogP) is 6.40. The van der Waals surface area contributed by atoms with E-state index in [-0.39, 0.29) is 18.1 Å². The molecule has 3 aliphatic rings. The van der Waals surface area contributed by atoms with E-state index in [2.05, 4.69) is 10.1 Å². The molecule has 3 aromatic carbocycles. The van der Waals surface area contributed by atoms with Gasteiger partial charge in [0, 0.05) is 42.6 Å². The lowest BCUT2D eigenvalue weighted by molar-refractivity contribution is 0.0774. The minimum absolute atomic E-state index is 0.0220. The molecule has 12 nitrogen and oxygen atoms in total. The molecule has 1 unspecified atom stereocenters. The molecule has 12 heteroatoms. The summed E-state index contributed by atoms with van der Waals surface area (Å²) in [6.45, 7) is 1.57. The van der Waals surface area contributed by atoms with Gasteiger partial charge in [-0.25, -0.2) is 0 Å². The summed E-state index contributed by atoms with van der Waals surface area (Å²) in [7, 11) is 7.91. The van der Waals surface area contributed by atoms with E-state index in [1.165, 1.54) is 0 Å². The number of rotatable bonds is 14. The number of fused-ring (bicyclic) bond motifs is 2. The number of amides is 1. The van der Waals surface area contributed by atoms with Crippen LogP contribution in [0.5, 0.6) is 40.2 Å². The first-order chi connectivity index (χ1) is 23.5. The molecule has 0 aromatic heterocycles. The average Bonchev–Trinajstić information content (AvgIpc) is 3.82. The molecule has 1 fully saturated rings. The van der Waals surface area contributed by atoms with Gasteiger partial charge >= 0.3 is 0 Å². The number of ether oxygens (including phenoxy) is 7. The van der Waals surface area contributed by atoms with Crippen molar-refractivity contribution in [1.82, 2.24) is 4.90 Å². The first-order valence-corrected chi connectivity index (χ1v) is 16.0. The second kappa shape index (κ2) is 14.7. The number of aliphatic imine (C=N–C) groups is 1. The Bertz CT molecular complexity index is 1700. The van der Waals surface area contributed by atoms with Crippen LogP contribution in [0.3, 0.4) is 0 Å². The molecule has 254 valence electrons. The Morgan fingerprint density at radius 1 is 0.771 bits per heavy atom. The number of unbranched alkanes of at least 4 members (excludes halogenated alkanes) is 1. The summed E-state index contributed by atoms with van der Waals surface area (Å²) in [4.78, 5) is 25.3. The Hall–Kier alpha value is -5.13. The molecule has 6 rings (SSSR count). The number of carbonyl (C=O) groups excluding carboxylic acids is 1. The highest BCUT2D eigenvalue weighted by Crippen LogP contribution is 2.50. The van der Waals surface area contributed by atoms with Crippen LogP contribution in [0, 0.1) is 0 Å². The summed E-state index contributed by atoms with van der Waals surface area (Å²) in [5, 5.41) is 3.97. The van der Waals surface area contributed by atoms with Crippen LogP contribution in [0.1, 0.15) is 54.1 Å². The molecule has 0 saturated carbocycles. The van der Waals surface area contributed by atoms with Crippen molar-refractivity contribution < 1.29 is 42.8 Å². The Balaban J connectivity index is 1.16. The zero-order valence-corrected chi connectivity index (χ0v) is 27.9. The summed E-state index contributed by atoms with van der Waals surface area (Å²) in [5.41, 5.74) is 3.50. The number of methoxy groups -OCH3 is 5. The minimum Gasteiger partial charge on any atom is -0.493 e. The molecule has 0 N–H and O–H groups in total. The second-order valence-electron chi connectivity index (χ2n) is 11.5. The molecule has 0 spiro atoms. The first kappa shape index (κ1) is 32.8. The van der Waals surface area contributed by atoms with E-state index in [1.807, 2.05) is 35.4 Å². The number of benzene rings is 3. The van der Waals surface area contributed by atoms with Crippen LogP contribution < -0.4 is 33.2 Å². The van der Waals surface area contributed by atoms with Crippen molar-refractivity contribution in [3.63, 3.8) is 0 Å². The highest BCUT2D eigenvalue weighted by atomic mass is 16.6. The van der Waals surface area contributed by atoms with Gasteiger partial charge in [0.05, 0.1) is 66.1 Å². The summed E-state index contributed by atoms with van der Waals surface area (Å²) in [6, 6.07) is 11.2. The zero-order valence-electron chi connectivity index (χ0n) is 27.9. The molecule has 1 saturated heterocycles. The van der Waals surface area contributed by atoms with Crippen LogP contribution in [0.25, 0.3) is 11.1 Å². The number of nitrogens with zero attached hydrogens (tertiary/aromatic N) is 3. The third-order valence-electron chi connectivity index (χ3n) is 8.74. The zero-order chi connectivity index (χ0) is 33.6. The lowest BCUT2D eigenvalue weighted by Crippen LogP contribution is -2.35. The van der Waals surface area contributed by atoms with Crippen molar-refractivity contribution in [2.75, 3.05) is 55.3 Å². The molecular weight excluding hydrogens is 618 g/mol. The topological polar surface area (TPSA) is 119 Å². The Labute approximate surface area is 280 Å². The molecular formula is C36H41N3O9. The van der Waals surface area contributed by atoms with Gasteiger partial charge in [-0.15, -0.1) is 0 Å². The van der Waals surface area contributed by atoms with E-state index in [4.69, 9.17) is 38.0 Å². The van der Waals surface area contributed by atoms with Crippen LogP contribution in [0.4, 0.5) is 5.69 Å². The lowest BCUT2D eigenvalue weighted by Gasteiger charge is -2.21. The number of hydrogen-bond acceptors (Lipinski definition) is 11. The summed E-state index contributed by atoms with van der Waals surface area (Å²) < 4.78 is 40.9. The molecule has 1 amide bonds. The molecule has 2 atom stereocenters. The molecule has 3 aromatic rings. The SMILES string of the molecule is COc1cc2c(cc1OCCCCOc1cc(C3CC=NO3)cc(-c3ccc(OC)c(OC)c3OC)c1OC)N=C[C@@H]1CCCN1C2=O. The monoisotopic (exact) mass is 659 g/mol. The van der Waals surface area contributed by atoms with Crippen LogP contribution >= 0.6 is 0 Å². The van der Waals surface area contributed by atoms with Gasteiger partial charge in [-0.05, 0) is 61.6 Å². The van der Waals surface area contributed by atoms with Gasteiger partial charge in [-0.1, -0.05) is 5.16 Å². The third-order valence-corrected chi connectivity index (χ3v) is 8.74. The molecule has 0 radical (unpaired) electrons. The van der Waals surface area contributed by atoms with Gasteiger partial charge in [0.15, 0.2) is 40.6 Å². The fraction of sp³-hybridized carbons (Fsp3) is 0.417. The van der Waals surface area contributed by atoms with Crippen molar-refractivity contribution in [1.29, 1.82) is 0 Å². The minimum atomic E-state index is -0.260. The summed E-state index contributed by atoms with van der Waals surface area (Å²) in [6.07, 6.45) is 7.30. The van der Waals surface area contributed by atoms with Crippen LogP contribution in [-0.4, -0.2) is 84.6 Å². The van der Waals surface area contributed by atoms with Gasteiger partial charge in [-0.3, -0.25) is 9.79 Å². The first-order valence-electron chi connectivity index (χ1n) is 16.0. The van der Waals surface area contributed by atoms with Crippen molar-refractivity contribution in [3.05, 3.63) is 47.5 Å². The maximum atomic E-state index is 13.2. The third kappa shape index (κ3) is 6.39. The Kier molecular flexibility index (Phi) is 10.1. The van der Waals surface area contributed by atoms with Gasteiger partial charge < -0.3 is 42.9 Å². The van der Waals surface area contributed by atoms with E-state index in [1.54, 1.807) is 53.9 Å². The van der Waals surface area contributed by atoms with Crippen molar-refractivity contribution >= 4 is 24.0 Å². The van der Waals surface area contributed by atoms with Gasteiger partial charge in [0.1, 0.15) is 0 Å². The highest BCUT2D eigenvalue weighted by Gasteiger charge is 2.32. The lowest BCUT2D eigenvalue weighted by atomic mass is 9.96. The van der Waals surface area contributed by atoms with Crippen LogP contribution in [0.15, 0.2) is 46.5 Å². The highest BCUT2D eigenvalue weighted by molar-refractivity contribution is 6.03. The maximum absolute atomic E-state index is 13.2. The largest absolute Gasteiger partial charge is 0.493 e. The van der Waals surface area contributed by atoms with Crippen molar-refractivity contribution in [2.24, 2.45) is 10.1 Å². The van der Waals surface area contributed by atoms with Gasteiger partial charge in [-0.2, -0.15) is 0 Å². The molecule has 48 heavy (non-hydrogen) atoms. The number of hydrogen-bond donors (Lipinski definition) is 0. The molecule has 3 heterocycles. The van der Waals surface area contributed by atoms with E-state index < -0.39 is 0 Å². The van der Waals surface area contributed by atoms with E-state index in [0.29, 0.717) is 84.0 Å². The fourth-order valence-corrected chi connectivity index (χ4v) is 6.32. The Morgan fingerprint density at radius 2 is 1.52 bits per heavy atom. The van der Waals surface area contributed by atoms with Crippen molar-refractivity contribution in [3.8, 4) is 51.4 Å². The predicted molar refractivity (Wildman–Crippen MR) is 180 cm³/mol. The molecule has 0 bridgehead atoms. The quantitative estimate of drug-likeness (QED) is 0.181. The number of carbonyl (C=O) groups is 1. The van der Waals surface area contributed by atoms with E-state index in [9.17, 15) is 4.79 Å². The average molecular weight is 660 g/mol. The molecule has 0 aliphatic carbocycles. The van der Waals surface area contributed by atoms with Crippen molar-refractivity contribution in [2.45, 2.75) is 44.2 Å². The summed E-state index contributed by atoms with van der Waals surface area (Å²) >= 11 is 0. The smallest absolute Gasteiger partial charge is 0.256 e. The summed E-state index contributed by atoms with van der Waals surface area (Å²) in [5.74, 6) is 3.66. The standard InChI is InChI=1S/C36H41N3O9/c1-41-29-11-10-24(34(44-4)35(29)45-5)25-17-22(28-12-13-38-48-28)18-32(33(25)43-3)47-16-7-6-15-46-31-20-27-26(19-30(31)42-2)36(40)39-14-8-9-23(39)21-37-27/h10-11,13,17-21,23,28H,6-9,12,14-16H2,1-5H3/t23-,28?/m0/s1. The van der Waals surface area contributed by atoms with E-state index in [0.717, 1.165) is 36.1 Å². The Morgan fingerprint density at radius 3 is 2.21 bits per heavy atom. The van der Waals surface area contributed by atoms with Gasteiger partial charge in [0.25, 0.3) is 5.91 Å². The maximum Gasteiger partial charge on any atom is 0.256 e. The van der Waals surface area contributed by atoms with Gasteiger partial charge in [0.2, 0.25) is 5.75 Å². The van der Waals surface area contributed by atoms with Crippen LogP contribution in [0.2, 0.25) is 0 Å². The second-order valence-corrected chi connectivity index (χ2v) is 11.5. The van der Waals surface area contributed by atoms with Crippen LogP contribution in [-0.2, 0) is 4.84 Å². The normalized spacial score (nSPS) is 17.7. The number of oxime groups is 1. The van der Waals surface area contributed by atoms with E-state index >= 15 is 0 Å².